The quantitative estimate of drug-likeness (QED) is 0.178. The van der Waals surface area contributed by atoms with E-state index in [2.05, 4.69) is 19.9 Å². The van der Waals surface area contributed by atoms with Crippen LogP contribution in [0.2, 0.25) is 0 Å². The minimum atomic E-state index is -4.28. The maximum Gasteiger partial charge on any atom is 0.295 e. The molecule has 0 aromatic heterocycles. The second kappa shape index (κ2) is 17.7. The van der Waals surface area contributed by atoms with Crippen molar-refractivity contribution in [1.29, 1.82) is 0 Å². The standard InChI is InChI=1S/C28H44O3S.CH2O/c1-3-5-7-9-11-13-15-19-24-23-25-20-17-18-22-27(25)28(32(29,30)31)26(24)21-16-14-12-10-8-6-4-2;1-2/h17-18,20,22-23H,3-16,19,21H2,1-2H3,(H,29,30,31);1H2. The highest BCUT2D eigenvalue weighted by molar-refractivity contribution is 7.86. The molecule has 0 aliphatic heterocycles. The zero-order valence-electron chi connectivity index (χ0n) is 21.5. The minimum absolute atomic E-state index is 0.152. The lowest BCUT2D eigenvalue weighted by Gasteiger charge is -2.17. The van der Waals surface area contributed by atoms with Crippen molar-refractivity contribution in [3.8, 4) is 0 Å². The Morgan fingerprint density at radius 1 is 0.706 bits per heavy atom. The average molecular weight is 491 g/mol. The molecule has 0 aliphatic rings. The van der Waals surface area contributed by atoms with Crippen LogP contribution in [-0.2, 0) is 27.8 Å². The van der Waals surface area contributed by atoms with Gasteiger partial charge < -0.3 is 4.79 Å². The molecule has 0 amide bonds. The molecule has 0 saturated carbocycles. The lowest BCUT2D eigenvalue weighted by atomic mass is 9.93. The Balaban J connectivity index is 0.00000281. The number of hydrogen-bond donors (Lipinski definition) is 1. The van der Waals surface area contributed by atoms with E-state index in [0.29, 0.717) is 5.39 Å². The average Bonchev–Trinajstić information content (AvgIpc) is 2.83. The number of fused-ring (bicyclic) bond motifs is 1. The first-order valence-electron chi connectivity index (χ1n) is 13.3. The highest BCUT2D eigenvalue weighted by Gasteiger charge is 2.22. The second-order valence-electron chi connectivity index (χ2n) is 9.28. The largest absolute Gasteiger partial charge is 0.307 e. The Morgan fingerprint density at radius 2 is 1.18 bits per heavy atom. The van der Waals surface area contributed by atoms with Gasteiger partial charge in [-0.25, -0.2) is 0 Å². The number of carbonyl (C=O) groups excluding carboxylic acids is 1. The van der Waals surface area contributed by atoms with Gasteiger partial charge in [-0.2, -0.15) is 8.42 Å². The van der Waals surface area contributed by atoms with Gasteiger partial charge in [0.1, 0.15) is 11.7 Å². The van der Waals surface area contributed by atoms with Crippen LogP contribution in [0.5, 0.6) is 0 Å². The molecule has 0 unspecified atom stereocenters. The SMILES string of the molecule is C=O.CCCCCCCCCc1cc2ccccc2c(S(=O)(=O)O)c1CCCCCCCCC. The molecule has 34 heavy (non-hydrogen) atoms. The Labute approximate surface area is 208 Å². The number of rotatable bonds is 17. The van der Waals surface area contributed by atoms with Crippen LogP contribution in [0.3, 0.4) is 0 Å². The first-order valence-corrected chi connectivity index (χ1v) is 14.7. The molecule has 5 heteroatoms. The number of aryl methyl sites for hydroxylation is 1. The summed E-state index contributed by atoms with van der Waals surface area (Å²) in [5, 5.41) is 1.55. The molecule has 0 heterocycles. The molecule has 4 nitrogen and oxygen atoms in total. The summed E-state index contributed by atoms with van der Waals surface area (Å²) >= 11 is 0. The molecule has 0 bridgehead atoms. The van der Waals surface area contributed by atoms with E-state index in [1.165, 1.54) is 70.6 Å². The van der Waals surface area contributed by atoms with Crippen LogP contribution in [-0.4, -0.2) is 19.8 Å². The van der Waals surface area contributed by atoms with E-state index in [0.717, 1.165) is 48.6 Å². The maximum atomic E-state index is 12.5. The summed E-state index contributed by atoms with van der Waals surface area (Å²) in [6.07, 6.45) is 18.6. The maximum absolute atomic E-state index is 12.5. The highest BCUT2D eigenvalue weighted by Crippen LogP contribution is 2.32. The van der Waals surface area contributed by atoms with Crippen LogP contribution in [0.25, 0.3) is 10.8 Å². The number of carbonyl (C=O) groups is 1. The van der Waals surface area contributed by atoms with Gasteiger partial charge in [0, 0.05) is 5.39 Å². The van der Waals surface area contributed by atoms with Crippen molar-refractivity contribution in [2.75, 3.05) is 0 Å². The predicted molar refractivity (Wildman–Crippen MR) is 144 cm³/mol. The van der Waals surface area contributed by atoms with Gasteiger partial charge in [0.2, 0.25) is 0 Å². The summed E-state index contributed by atoms with van der Waals surface area (Å²) in [5.41, 5.74) is 1.96. The van der Waals surface area contributed by atoms with Crippen molar-refractivity contribution in [2.24, 2.45) is 0 Å². The molecule has 2 aromatic carbocycles. The third-order valence-corrected chi connectivity index (χ3v) is 7.52. The Morgan fingerprint density at radius 3 is 1.71 bits per heavy atom. The Bertz CT molecular complexity index is 921. The van der Waals surface area contributed by atoms with E-state index in [1.54, 1.807) is 0 Å². The normalized spacial score (nSPS) is 11.4. The number of unbranched alkanes of at least 4 members (excludes halogenated alkanes) is 12. The molecule has 2 rings (SSSR count). The molecule has 0 fully saturated rings. The summed E-state index contributed by atoms with van der Waals surface area (Å²) in [4.78, 5) is 8.15. The van der Waals surface area contributed by atoms with E-state index in [-0.39, 0.29) is 4.90 Å². The van der Waals surface area contributed by atoms with Gasteiger partial charge in [0.05, 0.1) is 0 Å². The molecule has 192 valence electrons. The third kappa shape index (κ3) is 10.7. The van der Waals surface area contributed by atoms with Crippen molar-refractivity contribution >= 4 is 27.7 Å². The number of benzene rings is 2. The van der Waals surface area contributed by atoms with Gasteiger partial charge in [0.15, 0.2) is 0 Å². The molecular weight excluding hydrogens is 444 g/mol. The number of hydrogen-bond acceptors (Lipinski definition) is 3. The molecule has 0 saturated heterocycles. The van der Waals surface area contributed by atoms with E-state index in [4.69, 9.17) is 4.79 Å². The molecule has 0 aliphatic carbocycles. The van der Waals surface area contributed by atoms with E-state index in [1.807, 2.05) is 31.1 Å². The van der Waals surface area contributed by atoms with Crippen molar-refractivity contribution < 1.29 is 17.8 Å². The van der Waals surface area contributed by atoms with Gasteiger partial charge >= 0.3 is 0 Å². The van der Waals surface area contributed by atoms with Crippen molar-refractivity contribution in [3.05, 3.63) is 41.5 Å². The van der Waals surface area contributed by atoms with Crippen LogP contribution < -0.4 is 0 Å². The molecular formula is C29H46O4S. The van der Waals surface area contributed by atoms with Gasteiger partial charge in [-0.05, 0) is 42.2 Å². The molecule has 2 aromatic rings. The molecule has 0 atom stereocenters. The van der Waals surface area contributed by atoms with Gasteiger partial charge in [-0.1, -0.05) is 121 Å². The Kier molecular flexibility index (Phi) is 15.8. The minimum Gasteiger partial charge on any atom is -0.307 e. The first-order chi connectivity index (χ1) is 16.5. The smallest absolute Gasteiger partial charge is 0.295 e. The lowest BCUT2D eigenvalue weighted by Crippen LogP contribution is -2.08. The summed E-state index contributed by atoms with van der Waals surface area (Å²) in [6.45, 7) is 6.46. The molecule has 1 N–H and O–H groups in total. The first kappa shape index (κ1) is 30.3. The van der Waals surface area contributed by atoms with Crippen LogP contribution in [0.15, 0.2) is 35.2 Å². The lowest BCUT2D eigenvalue weighted by molar-refractivity contribution is -0.0980. The van der Waals surface area contributed by atoms with Crippen molar-refractivity contribution in [2.45, 2.75) is 121 Å². The zero-order chi connectivity index (χ0) is 25.2. The fraction of sp³-hybridized carbons (Fsp3) is 0.621. The van der Waals surface area contributed by atoms with Crippen LogP contribution in [0, 0.1) is 0 Å². The second-order valence-corrected chi connectivity index (χ2v) is 10.6. The zero-order valence-corrected chi connectivity index (χ0v) is 22.3. The van der Waals surface area contributed by atoms with Crippen LogP contribution >= 0.6 is 0 Å². The Hall–Kier alpha value is -1.72. The van der Waals surface area contributed by atoms with Crippen LogP contribution in [0.4, 0.5) is 0 Å². The fourth-order valence-electron chi connectivity index (χ4n) is 4.74. The summed E-state index contributed by atoms with van der Waals surface area (Å²) in [7, 11) is -4.28. The van der Waals surface area contributed by atoms with Crippen molar-refractivity contribution in [1.82, 2.24) is 0 Å². The van der Waals surface area contributed by atoms with Gasteiger partial charge in [-0.3, -0.25) is 4.55 Å². The monoisotopic (exact) mass is 490 g/mol. The van der Waals surface area contributed by atoms with Gasteiger partial charge in [-0.15, -0.1) is 0 Å². The van der Waals surface area contributed by atoms with E-state index in [9.17, 15) is 13.0 Å². The third-order valence-electron chi connectivity index (χ3n) is 6.53. The fourth-order valence-corrected chi connectivity index (χ4v) is 5.74. The topological polar surface area (TPSA) is 71.4 Å². The summed E-state index contributed by atoms with van der Waals surface area (Å²) in [5.74, 6) is 0. The van der Waals surface area contributed by atoms with Gasteiger partial charge in [0.25, 0.3) is 10.1 Å². The predicted octanol–water partition coefficient (Wildman–Crippen LogP) is 8.49. The highest BCUT2D eigenvalue weighted by atomic mass is 32.2. The van der Waals surface area contributed by atoms with E-state index >= 15 is 0 Å². The van der Waals surface area contributed by atoms with E-state index < -0.39 is 10.1 Å². The van der Waals surface area contributed by atoms with Crippen LogP contribution in [0.1, 0.15) is 115 Å². The summed E-state index contributed by atoms with van der Waals surface area (Å²) in [6, 6.07) is 9.73. The summed E-state index contributed by atoms with van der Waals surface area (Å²) < 4.78 is 35.1. The molecule has 0 radical (unpaired) electrons. The molecule has 0 spiro atoms. The van der Waals surface area contributed by atoms with Crippen molar-refractivity contribution in [3.63, 3.8) is 0 Å².